The Morgan fingerprint density at radius 2 is 1.39 bits per heavy atom. The van der Waals surface area contributed by atoms with Crippen LogP contribution in [0.2, 0.25) is 18.1 Å². The van der Waals surface area contributed by atoms with Crippen molar-refractivity contribution in [1.82, 2.24) is 0 Å². The fourth-order valence-corrected chi connectivity index (χ4v) is 3.68. The normalized spacial score (nSPS) is 26.5. The lowest BCUT2D eigenvalue weighted by Gasteiger charge is -2.45. The highest BCUT2D eigenvalue weighted by Crippen LogP contribution is 2.37. The van der Waals surface area contributed by atoms with E-state index in [2.05, 4.69) is 4.84 Å². The highest BCUT2D eigenvalue weighted by atomic mass is 28.4. The Bertz CT molecular complexity index is 690. The molecule has 1 unspecified atom stereocenters. The number of esters is 3. The minimum atomic E-state index is -2.30. The average Bonchev–Trinajstić information content (AvgIpc) is 2.56. The minimum absolute atomic E-state index is 0.128. The van der Waals surface area contributed by atoms with Crippen LogP contribution in [0, 0.1) is 10.1 Å². The Kier molecular flexibility index (Phi) is 8.96. The van der Waals surface area contributed by atoms with Crippen molar-refractivity contribution in [3.8, 4) is 0 Å². The fraction of sp³-hybridized carbons (Fsp3) is 0.833. The monoisotopic (exact) mass is 465 g/mol. The van der Waals surface area contributed by atoms with E-state index in [0.717, 1.165) is 20.8 Å². The van der Waals surface area contributed by atoms with Gasteiger partial charge in [0, 0.05) is 20.8 Å². The third kappa shape index (κ3) is 7.74. The maximum atomic E-state index is 11.7. The highest BCUT2D eigenvalue weighted by molar-refractivity contribution is 6.74. The van der Waals surface area contributed by atoms with E-state index in [4.69, 9.17) is 23.4 Å². The van der Waals surface area contributed by atoms with Gasteiger partial charge in [0.1, 0.15) is 6.10 Å². The third-order valence-electron chi connectivity index (χ3n) is 5.10. The molecule has 1 aliphatic heterocycles. The summed E-state index contributed by atoms with van der Waals surface area (Å²) >= 11 is 0. The second-order valence-corrected chi connectivity index (χ2v) is 13.5. The molecule has 178 valence electrons. The van der Waals surface area contributed by atoms with Gasteiger partial charge in [0.05, 0.1) is 6.61 Å². The number of rotatable bonds is 8. The summed E-state index contributed by atoms with van der Waals surface area (Å²) in [5, 5.41) is 9.70. The first-order valence-electron chi connectivity index (χ1n) is 9.67. The zero-order valence-electron chi connectivity index (χ0n) is 19.0. The lowest BCUT2D eigenvalue weighted by Crippen LogP contribution is -2.63. The summed E-state index contributed by atoms with van der Waals surface area (Å²) in [6.07, 6.45) is -7.07. The molecule has 5 atom stereocenters. The van der Waals surface area contributed by atoms with E-state index in [0.29, 0.717) is 0 Å². The molecule has 12 nitrogen and oxygen atoms in total. The van der Waals surface area contributed by atoms with Gasteiger partial charge in [-0.15, -0.1) is 10.1 Å². The zero-order chi connectivity index (χ0) is 24.1. The van der Waals surface area contributed by atoms with Crippen LogP contribution in [0.5, 0.6) is 0 Å². The molecule has 1 heterocycles. The molecular formula is C18H31NO11Si. The Hall–Kier alpha value is -2.25. The van der Waals surface area contributed by atoms with Crippen LogP contribution in [-0.2, 0) is 42.6 Å². The van der Waals surface area contributed by atoms with Crippen molar-refractivity contribution in [2.45, 2.75) is 90.4 Å². The van der Waals surface area contributed by atoms with Gasteiger partial charge in [-0.05, 0) is 18.1 Å². The Balaban J connectivity index is 3.34. The van der Waals surface area contributed by atoms with Crippen LogP contribution in [-0.4, -0.2) is 68.6 Å². The van der Waals surface area contributed by atoms with Crippen molar-refractivity contribution in [3.63, 3.8) is 0 Å². The average molecular weight is 466 g/mol. The molecule has 0 bridgehead atoms. The van der Waals surface area contributed by atoms with E-state index >= 15 is 0 Å². The molecular weight excluding hydrogens is 434 g/mol. The largest absolute Gasteiger partial charge is 0.456 e. The molecule has 0 aromatic heterocycles. The summed E-state index contributed by atoms with van der Waals surface area (Å²) in [6, 6.07) is 0. The molecule has 1 saturated heterocycles. The van der Waals surface area contributed by atoms with Gasteiger partial charge >= 0.3 is 17.9 Å². The highest BCUT2D eigenvalue weighted by Gasteiger charge is 2.54. The first-order valence-corrected chi connectivity index (χ1v) is 12.6. The van der Waals surface area contributed by atoms with Crippen LogP contribution in [0.4, 0.5) is 0 Å². The van der Waals surface area contributed by atoms with E-state index in [1.807, 2.05) is 33.9 Å². The lowest BCUT2D eigenvalue weighted by molar-refractivity contribution is -0.785. The van der Waals surface area contributed by atoms with E-state index in [9.17, 15) is 24.5 Å². The van der Waals surface area contributed by atoms with E-state index in [1.54, 1.807) is 0 Å². The number of nitrogens with zero attached hydrogens (tertiary/aromatic N) is 1. The first kappa shape index (κ1) is 26.8. The summed E-state index contributed by atoms with van der Waals surface area (Å²) in [6.45, 7) is 13.2. The van der Waals surface area contributed by atoms with Crippen molar-refractivity contribution in [2.24, 2.45) is 0 Å². The summed E-state index contributed by atoms with van der Waals surface area (Å²) in [7, 11) is -2.30. The maximum Gasteiger partial charge on any atom is 0.303 e. The van der Waals surface area contributed by atoms with Gasteiger partial charge in [0.25, 0.3) is 5.09 Å². The van der Waals surface area contributed by atoms with Crippen molar-refractivity contribution in [3.05, 3.63) is 10.1 Å². The molecule has 0 saturated carbocycles. The molecule has 0 aliphatic carbocycles. The van der Waals surface area contributed by atoms with Crippen LogP contribution in [0.1, 0.15) is 41.5 Å². The molecule has 31 heavy (non-hydrogen) atoms. The van der Waals surface area contributed by atoms with Gasteiger partial charge in [-0.3, -0.25) is 19.2 Å². The Morgan fingerprint density at radius 1 is 0.935 bits per heavy atom. The minimum Gasteiger partial charge on any atom is -0.456 e. The summed E-state index contributed by atoms with van der Waals surface area (Å²) in [5.41, 5.74) is 0. The van der Waals surface area contributed by atoms with Gasteiger partial charge in [0.2, 0.25) is 6.29 Å². The predicted molar refractivity (Wildman–Crippen MR) is 107 cm³/mol. The second-order valence-electron chi connectivity index (χ2n) is 8.67. The van der Waals surface area contributed by atoms with Crippen molar-refractivity contribution >= 4 is 26.2 Å². The quantitative estimate of drug-likeness (QED) is 0.169. The van der Waals surface area contributed by atoms with E-state index in [-0.39, 0.29) is 11.6 Å². The first-order chi connectivity index (χ1) is 14.0. The van der Waals surface area contributed by atoms with Crippen LogP contribution in [0.15, 0.2) is 0 Å². The molecule has 1 aliphatic rings. The molecule has 1 rings (SSSR count). The molecule has 0 amide bonds. The van der Waals surface area contributed by atoms with Crippen LogP contribution >= 0.6 is 0 Å². The third-order valence-corrected chi connectivity index (χ3v) is 9.60. The van der Waals surface area contributed by atoms with Gasteiger partial charge in [-0.2, -0.15) is 0 Å². The topological polar surface area (TPSA) is 150 Å². The molecule has 0 aromatic rings. The van der Waals surface area contributed by atoms with E-state index < -0.39 is 62.0 Å². The standard InChI is InChI=1S/C18H31NO11Si/c1-10(20)26-14-13(9-25-31(7,8)18(4,5)6)29-17(30-19(23)24)16(28-12(3)22)15(14)27-11(2)21/h13-17H,9H2,1-8H3/t13-,14-,15+,16-,17?/m1/s1. The Morgan fingerprint density at radius 3 is 1.81 bits per heavy atom. The van der Waals surface area contributed by atoms with Gasteiger partial charge < -0.3 is 23.4 Å². The summed E-state index contributed by atoms with van der Waals surface area (Å²) in [4.78, 5) is 50.6. The number of hydrogen-bond donors (Lipinski definition) is 0. The summed E-state index contributed by atoms with van der Waals surface area (Å²) in [5.74, 6) is -2.34. The second kappa shape index (κ2) is 10.4. The van der Waals surface area contributed by atoms with Crippen LogP contribution < -0.4 is 0 Å². The zero-order valence-corrected chi connectivity index (χ0v) is 20.0. The summed E-state index contributed by atoms with van der Waals surface area (Å²) < 4.78 is 27.4. The lowest BCUT2D eigenvalue weighted by atomic mass is 9.98. The van der Waals surface area contributed by atoms with Crippen LogP contribution in [0.25, 0.3) is 0 Å². The number of carbonyl (C=O) groups is 3. The molecule has 0 aromatic carbocycles. The van der Waals surface area contributed by atoms with Crippen molar-refractivity contribution in [2.75, 3.05) is 6.61 Å². The Labute approximate surface area is 181 Å². The van der Waals surface area contributed by atoms with Crippen molar-refractivity contribution < 1.29 is 47.7 Å². The van der Waals surface area contributed by atoms with E-state index in [1.165, 1.54) is 0 Å². The molecule has 13 heteroatoms. The molecule has 0 radical (unpaired) electrons. The molecule has 0 N–H and O–H groups in total. The number of hydrogen-bond acceptors (Lipinski definition) is 11. The SMILES string of the molecule is CC(=O)O[C@H]1[C@H](OC(C)=O)[C@@H](OC(C)=O)C(O[N+](=O)[O-])O[C@@H]1CO[Si](C)(C)C(C)(C)C. The fourth-order valence-electron chi connectivity index (χ4n) is 2.67. The van der Waals surface area contributed by atoms with Crippen LogP contribution in [0.3, 0.4) is 0 Å². The smallest absolute Gasteiger partial charge is 0.303 e. The number of carbonyl (C=O) groups excluding carboxylic acids is 3. The van der Waals surface area contributed by atoms with Gasteiger partial charge in [0.15, 0.2) is 26.6 Å². The van der Waals surface area contributed by atoms with Crippen molar-refractivity contribution in [1.29, 1.82) is 0 Å². The molecule has 1 fully saturated rings. The predicted octanol–water partition coefficient (Wildman–Crippen LogP) is 1.74. The van der Waals surface area contributed by atoms with Gasteiger partial charge in [-0.25, -0.2) is 0 Å². The number of ether oxygens (including phenoxy) is 4. The van der Waals surface area contributed by atoms with Gasteiger partial charge in [-0.1, -0.05) is 20.8 Å². The maximum absolute atomic E-state index is 11.7. The molecule has 0 spiro atoms.